The summed E-state index contributed by atoms with van der Waals surface area (Å²) in [6.07, 6.45) is 3.29. The summed E-state index contributed by atoms with van der Waals surface area (Å²) in [5, 5.41) is 2.75. The van der Waals surface area contributed by atoms with Crippen LogP contribution in [-0.2, 0) is 4.79 Å². The van der Waals surface area contributed by atoms with Crippen LogP contribution in [0.4, 0.5) is 5.69 Å². The molecule has 0 atom stereocenters. The topological polar surface area (TPSA) is 42.0 Å². The third kappa shape index (κ3) is 3.14. The number of hydrogen-bond acceptors (Lipinski definition) is 2. The molecule has 70 valence electrons. The highest BCUT2D eigenvalue weighted by molar-refractivity contribution is 9.10. The van der Waals surface area contributed by atoms with Crippen LogP contribution in [0, 0.1) is 5.92 Å². The summed E-state index contributed by atoms with van der Waals surface area (Å²) < 4.78 is 0.856. The van der Waals surface area contributed by atoms with E-state index in [-0.39, 0.29) is 11.8 Å². The number of nitrogens with one attached hydrogen (secondary N) is 1. The average Bonchev–Trinajstić information content (AvgIpc) is 2.04. The standard InChI is InChI=1S/C9H11BrN2O/c1-6(2)9(13)12-8-3-7(10)4-11-5-8/h3-6H,1-2H3,(H,12,13). The van der Waals surface area contributed by atoms with Crippen molar-refractivity contribution in [3.63, 3.8) is 0 Å². The number of carbonyl (C=O) groups excluding carboxylic acids is 1. The highest BCUT2D eigenvalue weighted by Crippen LogP contribution is 2.14. The number of pyridine rings is 1. The van der Waals surface area contributed by atoms with E-state index < -0.39 is 0 Å². The van der Waals surface area contributed by atoms with Crippen molar-refractivity contribution in [2.24, 2.45) is 5.92 Å². The smallest absolute Gasteiger partial charge is 0.226 e. The monoisotopic (exact) mass is 242 g/mol. The Kier molecular flexibility index (Phi) is 3.42. The number of amides is 1. The van der Waals surface area contributed by atoms with Gasteiger partial charge < -0.3 is 5.32 Å². The van der Waals surface area contributed by atoms with Crippen molar-refractivity contribution in [3.8, 4) is 0 Å². The van der Waals surface area contributed by atoms with Crippen molar-refractivity contribution >= 4 is 27.5 Å². The van der Waals surface area contributed by atoms with Gasteiger partial charge in [0.25, 0.3) is 0 Å². The molecule has 13 heavy (non-hydrogen) atoms. The van der Waals surface area contributed by atoms with Crippen molar-refractivity contribution in [3.05, 3.63) is 22.9 Å². The molecule has 0 bridgehead atoms. The van der Waals surface area contributed by atoms with E-state index in [0.717, 1.165) is 4.47 Å². The summed E-state index contributed by atoms with van der Waals surface area (Å²) >= 11 is 3.28. The molecule has 0 radical (unpaired) electrons. The Hall–Kier alpha value is -0.900. The Labute approximate surface area is 85.7 Å². The Bertz CT molecular complexity index is 312. The van der Waals surface area contributed by atoms with E-state index in [1.807, 2.05) is 19.9 Å². The average molecular weight is 243 g/mol. The first kappa shape index (κ1) is 10.2. The van der Waals surface area contributed by atoms with Gasteiger partial charge in [-0.05, 0) is 22.0 Å². The first-order chi connectivity index (χ1) is 6.09. The third-order valence-electron chi connectivity index (χ3n) is 1.50. The van der Waals surface area contributed by atoms with Gasteiger partial charge in [0.15, 0.2) is 0 Å². The van der Waals surface area contributed by atoms with Crippen molar-refractivity contribution < 1.29 is 4.79 Å². The van der Waals surface area contributed by atoms with Crippen LogP contribution in [0.15, 0.2) is 22.9 Å². The van der Waals surface area contributed by atoms with Gasteiger partial charge in [-0.3, -0.25) is 9.78 Å². The molecule has 1 heterocycles. The molecule has 4 heteroatoms. The number of nitrogens with zero attached hydrogens (tertiary/aromatic N) is 1. The second kappa shape index (κ2) is 4.37. The lowest BCUT2D eigenvalue weighted by molar-refractivity contribution is -0.118. The van der Waals surface area contributed by atoms with E-state index in [1.54, 1.807) is 12.4 Å². The molecule has 0 aliphatic carbocycles. The molecule has 0 aromatic carbocycles. The minimum absolute atomic E-state index is 0.0000926. The molecule has 0 saturated heterocycles. The summed E-state index contributed by atoms with van der Waals surface area (Å²) in [4.78, 5) is 15.2. The maximum atomic E-state index is 11.3. The maximum absolute atomic E-state index is 11.3. The van der Waals surface area contributed by atoms with Gasteiger partial charge in [0, 0.05) is 16.6 Å². The maximum Gasteiger partial charge on any atom is 0.226 e. The second-order valence-electron chi connectivity index (χ2n) is 3.04. The summed E-state index contributed by atoms with van der Waals surface area (Å²) in [5.74, 6) is -0.0149. The van der Waals surface area contributed by atoms with Gasteiger partial charge in [0.2, 0.25) is 5.91 Å². The lowest BCUT2D eigenvalue weighted by Crippen LogP contribution is -2.17. The second-order valence-corrected chi connectivity index (χ2v) is 3.95. The molecule has 0 aliphatic rings. The largest absolute Gasteiger partial charge is 0.324 e. The fraction of sp³-hybridized carbons (Fsp3) is 0.333. The van der Waals surface area contributed by atoms with E-state index in [4.69, 9.17) is 0 Å². The van der Waals surface area contributed by atoms with Crippen LogP contribution in [0.25, 0.3) is 0 Å². The van der Waals surface area contributed by atoms with E-state index in [9.17, 15) is 4.79 Å². The fourth-order valence-electron chi connectivity index (χ4n) is 0.767. The number of halogens is 1. The first-order valence-corrected chi connectivity index (χ1v) is 4.80. The summed E-state index contributed by atoms with van der Waals surface area (Å²) in [6, 6.07) is 1.81. The lowest BCUT2D eigenvalue weighted by atomic mass is 10.2. The SMILES string of the molecule is CC(C)C(=O)Nc1cncc(Br)c1. The fourth-order valence-corrected chi connectivity index (χ4v) is 1.13. The lowest BCUT2D eigenvalue weighted by Gasteiger charge is -2.06. The van der Waals surface area contributed by atoms with Crippen LogP contribution in [0.3, 0.4) is 0 Å². The summed E-state index contributed by atoms with van der Waals surface area (Å²) in [5.41, 5.74) is 0.716. The molecule has 0 unspecified atom stereocenters. The third-order valence-corrected chi connectivity index (χ3v) is 1.93. The van der Waals surface area contributed by atoms with Crippen LogP contribution in [0.5, 0.6) is 0 Å². The molecule has 0 spiro atoms. The van der Waals surface area contributed by atoms with Gasteiger partial charge in [-0.15, -0.1) is 0 Å². The molecule has 0 fully saturated rings. The van der Waals surface area contributed by atoms with E-state index in [2.05, 4.69) is 26.2 Å². The molecular formula is C9H11BrN2O. The molecule has 0 saturated carbocycles. The number of anilines is 1. The number of hydrogen-bond donors (Lipinski definition) is 1. The van der Waals surface area contributed by atoms with Crippen molar-refractivity contribution in [2.75, 3.05) is 5.32 Å². The highest BCUT2D eigenvalue weighted by Gasteiger charge is 2.06. The molecule has 0 aliphatic heterocycles. The molecule has 1 aromatic rings. The predicted octanol–water partition coefficient (Wildman–Crippen LogP) is 2.44. The zero-order valence-corrected chi connectivity index (χ0v) is 9.13. The van der Waals surface area contributed by atoms with Crippen LogP contribution in [0.1, 0.15) is 13.8 Å². The normalized spacial score (nSPS) is 10.2. The molecule has 1 amide bonds. The van der Waals surface area contributed by atoms with E-state index in [0.29, 0.717) is 5.69 Å². The van der Waals surface area contributed by atoms with Crippen molar-refractivity contribution in [1.82, 2.24) is 4.98 Å². The van der Waals surface area contributed by atoms with E-state index >= 15 is 0 Å². The first-order valence-electron chi connectivity index (χ1n) is 4.01. The number of aromatic nitrogens is 1. The quantitative estimate of drug-likeness (QED) is 0.866. The molecule has 1 rings (SSSR count). The van der Waals surface area contributed by atoms with Crippen molar-refractivity contribution in [1.29, 1.82) is 0 Å². The minimum atomic E-state index is -0.0148. The van der Waals surface area contributed by atoms with Crippen LogP contribution >= 0.6 is 15.9 Å². The molecule has 3 nitrogen and oxygen atoms in total. The van der Waals surface area contributed by atoms with Crippen LogP contribution < -0.4 is 5.32 Å². The zero-order chi connectivity index (χ0) is 9.84. The molecule has 1 N–H and O–H groups in total. The Balaban J connectivity index is 2.69. The molecular weight excluding hydrogens is 232 g/mol. The van der Waals surface area contributed by atoms with Crippen LogP contribution in [0.2, 0.25) is 0 Å². The predicted molar refractivity (Wildman–Crippen MR) is 55.4 cm³/mol. The van der Waals surface area contributed by atoms with Gasteiger partial charge in [-0.1, -0.05) is 13.8 Å². The Morgan fingerprint density at radius 1 is 1.54 bits per heavy atom. The van der Waals surface area contributed by atoms with Gasteiger partial charge in [-0.25, -0.2) is 0 Å². The van der Waals surface area contributed by atoms with Gasteiger partial charge >= 0.3 is 0 Å². The van der Waals surface area contributed by atoms with Crippen molar-refractivity contribution in [2.45, 2.75) is 13.8 Å². The summed E-state index contributed by atoms with van der Waals surface area (Å²) in [7, 11) is 0. The minimum Gasteiger partial charge on any atom is -0.324 e. The highest BCUT2D eigenvalue weighted by atomic mass is 79.9. The number of rotatable bonds is 2. The Morgan fingerprint density at radius 3 is 2.77 bits per heavy atom. The van der Waals surface area contributed by atoms with Gasteiger partial charge in [-0.2, -0.15) is 0 Å². The van der Waals surface area contributed by atoms with Gasteiger partial charge in [0.05, 0.1) is 11.9 Å². The number of carbonyl (C=O) groups is 1. The van der Waals surface area contributed by atoms with Crippen LogP contribution in [-0.4, -0.2) is 10.9 Å². The van der Waals surface area contributed by atoms with Gasteiger partial charge in [0.1, 0.15) is 0 Å². The Morgan fingerprint density at radius 2 is 2.23 bits per heavy atom. The summed E-state index contributed by atoms with van der Waals surface area (Å²) in [6.45, 7) is 3.70. The zero-order valence-electron chi connectivity index (χ0n) is 7.54. The molecule has 1 aromatic heterocycles. The van der Waals surface area contributed by atoms with E-state index in [1.165, 1.54) is 0 Å².